The lowest BCUT2D eigenvalue weighted by molar-refractivity contribution is -0.168. The van der Waals surface area contributed by atoms with Crippen molar-refractivity contribution in [2.75, 3.05) is 13.2 Å². The lowest BCUT2D eigenvalue weighted by Gasteiger charge is -2.29. The van der Waals surface area contributed by atoms with Crippen molar-refractivity contribution >= 4 is 17.8 Å². The monoisotopic (exact) mass is 397 g/mol. The van der Waals surface area contributed by atoms with Gasteiger partial charge in [-0.2, -0.15) is 0 Å². The summed E-state index contributed by atoms with van der Waals surface area (Å²) in [5, 5.41) is 2.48. The zero-order chi connectivity index (χ0) is 21.3. The van der Waals surface area contributed by atoms with Crippen LogP contribution in [0.15, 0.2) is 54.6 Å². The summed E-state index contributed by atoms with van der Waals surface area (Å²) in [4.78, 5) is 37.0. The van der Waals surface area contributed by atoms with E-state index in [0.717, 1.165) is 16.7 Å². The van der Waals surface area contributed by atoms with Crippen molar-refractivity contribution in [1.29, 1.82) is 0 Å². The van der Waals surface area contributed by atoms with Crippen molar-refractivity contribution in [3.8, 4) is 11.1 Å². The molecule has 0 fully saturated rings. The van der Waals surface area contributed by atoms with Crippen LogP contribution in [0.25, 0.3) is 11.1 Å². The van der Waals surface area contributed by atoms with E-state index in [4.69, 9.17) is 9.47 Å². The molecule has 154 valence electrons. The van der Waals surface area contributed by atoms with Gasteiger partial charge in [0.15, 0.2) is 0 Å². The lowest BCUT2D eigenvalue weighted by atomic mass is 9.90. The molecule has 0 unspecified atom stereocenters. The Labute approximate surface area is 171 Å². The molecule has 0 radical (unpaired) electrons. The van der Waals surface area contributed by atoms with Crippen LogP contribution < -0.4 is 5.32 Å². The number of benzene rings is 2. The van der Waals surface area contributed by atoms with Gasteiger partial charge in [0, 0.05) is 6.92 Å². The van der Waals surface area contributed by atoms with Crippen molar-refractivity contribution in [2.24, 2.45) is 0 Å². The van der Waals surface area contributed by atoms with Crippen LogP contribution in [0.1, 0.15) is 32.8 Å². The number of carbonyl (C=O) groups excluding carboxylic acids is 3. The predicted molar refractivity (Wildman–Crippen MR) is 110 cm³/mol. The van der Waals surface area contributed by atoms with Gasteiger partial charge in [-0.3, -0.25) is 4.79 Å². The number of esters is 2. The molecule has 6 nitrogen and oxygen atoms in total. The van der Waals surface area contributed by atoms with E-state index in [1.165, 1.54) is 6.92 Å². The SMILES string of the molecule is CCOC(=O)C(CCc1ccc(-c2ccccc2)cc1)(NC(C)=O)C(=O)OCC. The summed E-state index contributed by atoms with van der Waals surface area (Å²) in [6.07, 6.45) is 0.419. The fourth-order valence-electron chi connectivity index (χ4n) is 3.09. The maximum absolute atomic E-state index is 12.6. The molecule has 0 heterocycles. The normalized spacial score (nSPS) is 10.9. The number of ether oxygens (including phenoxy) is 2. The summed E-state index contributed by atoms with van der Waals surface area (Å²) in [7, 11) is 0. The van der Waals surface area contributed by atoms with E-state index in [1.807, 2.05) is 54.6 Å². The average Bonchev–Trinajstić information content (AvgIpc) is 2.72. The van der Waals surface area contributed by atoms with Gasteiger partial charge in [-0.15, -0.1) is 0 Å². The first-order valence-corrected chi connectivity index (χ1v) is 9.70. The molecular formula is C23H27NO5. The van der Waals surface area contributed by atoms with Gasteiger partial charge in [0.25, 0.3) is 0 Å². The molecule has 0 saturated carbocycles. The highest BCUT2D eigenvalue weighted by Crippen LogP contribution is 2.23. The third kappa shape index (κ3) is 5.67. The predicted octanol–water partition coefficient (Wildman–Crippen LogP) is 3.29. The highest BCUT2D eigenvalue weighted by Gasteiger charge is 2.49. The second-order valence-electron chi connectivity index (χ2n) is 6.59. The van der Waals surface area contributed by atoms with Crippen LogP contribution in [0.2, 0.25) is 0 Å². The summed E-state index contributed by atoms with van der Waals surface area (Å²) in [6.45, 7) is 4.71. The maximum atomic E-state index is 12.6. The minimum Gasteiger partial charge on any atom is -0.464 e. The second kappa shape index (κ2) is 10.4. The molecular weight excluding hydrogens is 370 g/mol. The molecule has 2 aromatic carbocycles. The Morgan fingerprint density at radius 3 is 1.83 bits per heavy atom. The first-order chi connectivity index (χ1) is 13.9. The fraction of sp³-hybridized carbons (Fsp3) is 0.348. The van der Waals surface area contributed by atoms with Crippen molar-refractivity contribution in [3.63, 3.8) is 0 Å². The van der Waals surface area contributed by atoms with Gasteiger partial charge in [-0.25, -0.2) is 9.59 Å². The average molecular weight is 397 g/mol. The topological polar surface area (TPSA) is 81.7 Å². The highest BCUT2D eigenvalue weighted by molar-refractivity contribution is 6.07. The molecule has 0 aromatic heterocycles. The third-order valence-electron chi connectivity index (χ3n) is 4.49. The lowest BCUT2D eigenvalue weighted by Crippen LogP contribution is -2.61. The van der Waals surface area contributed by atoms with E-state index in [-0.39, 0.29) is 19.6 Å². The Morgan fingerprint density at radius 1 is 0.828 bits per heavy atom. The molecule has 29 heavy (non-hydrogen) atoms. The number of aryl methyl sites for hydroxylation is 1. The molecule has 2 aromatic rings. The molecule has 0 saturated heterocycles. The van der Waals surface area contributed by atoms with Crippen LogP contribution in [0.5, 0.6) is 0 Å². The number of rotatable bonds is 9. The Balaban J connectivity index is 2.24. The van der Waals surface area contributed by atoms with Crippen LogP contribution in [0, 0.1) is 0 Å². The van der Waals surface area contributed by atoms with Gasteiger partial charge in [-0.1, -0.05) is 54.6 Å². The molecule has 1 N–H and O–H groups in total. The smallest absolute Gasteiger partial charge is 0.343 e. The molecule has 0 atom stereocenters. The number of amides is 1. The summed E-state index contributed by atoms with van der Waals surface area (Å²) < 4.78 is 10.2. The number of nitrogens with one attached hydrogen (secondary N) is 1. The van der Waals surface area contributed by atoms with Gasteiger partial charge < -0.3 is 14.8 Å². The Bertz CT molecular complexity index is 812. The largest absolute Gasteiger partial charge is 0.464 e. The van der Waals surface area contributed by atoms with Crippen LogP contribution in [0.4, 0.5) is 0 Å². The molecule has 0 aliphatic rings. The Kier molecular flexibility index (Phi) is 7.95. The van der Waals surface area contributed by atoms with Gasteiger partial charge in [0.2, 0.25) is 11.4 Å². The first-order valence-electron chi connectivity index (χ1n) is 9.70. The van der Waals surface area contributed by atoms with E-state index in [0.29, 0.717) is 6.42 Å². The molecule has 6 heteroatoms. The number of hydrogen-bond acceptors (Lipinski definition) is 5. The van der Waals surface area contributed by atoms with Gasteiger partial charge >= 0.3 is 11.9 Å². The van der Waals surface area contributed by atoms with E-state index >= 15 is 0 Å². The van der Waals surface area contributed by atoms with Crippen LogP contribution in [-0.2, 0) is 30.3 Å². The summed E-state index contributed by atoms with van der Waals surface area (Å²) in [5.74, 6) is -2.13. The Hall–Kier alpha value is -3.15. The van der Waals surface area contributed by atoms with Gasteiger partial charge in [0.1, 0.15) is 0 Å². The number of carbonyl (C=O) groups is 3. The fourth-order valence-corrected chi connectivity index (χ4v) is 3.09. The molecule has 0 spiro atoms. The molecule has 2 rings (SSSR count). The maximum Gasteiger partial charge on any atom is 0.343 e. The molecule has 0 aliphatic heterocycles. The zero-order valence-corrected chi connectivity index (χ0v) is 17.1. The number of hydrogen-bond donors (Lipinski definition) is 1. The molecule has 1 amide bonds. The van der Waals surface area contributed by atoms with Crippen molar-refractivity contribution in [3.05, 3.63) is 60.2 Å². The summed E-state index contributed by atoms with van der Waals surface area (Å²) >= 11 is 0. The van der Waals surface area contributed by atoms with Crippen molar-refractivity contribution in [1.82, 2.24) is 5.32 Å². The van der Waals surface area contributed by atoms with E-state index in [2.05, 4.69) is 5.32 Å². The van der Waals surface area contributed by atoms with Crippen LogP contribution in [-0.4, -0.2) is 36.6 Å². The summed E-state index contributed by atoms with van der Waals surface area (Å²) in [5.41, 5.74) is 1.23. The summed E-state index contributed by atoms with van der Waals surface area (Å²) in [6, 6.07) is 17.8. The van der Waals surface area contributed by atoms with Crippen LogP contribution in [0.3, 0.4) is 0 Å². The third-order valence-corrected chi connectivity index (χ3v) is 4.49. The Morgan fingerprint density at radius 2 is 1.34 bits per heavy atom. The van der Waals surface area contributed by atoms with E-state index in [9.17, 15) is 14.4 Å². The van der Waals surface area contributed by atoms with E-state index < -0.39 is 23.4 Å². The minimum atomic E-state index is -1.87. The van der Waals surface area contributed by atoms with Gasteiger partial charge in [0.05, 0.1) is 13.2 Å². The zero-order valence-electron chi connectivity index (χ0n) is 17.1. The highest BCUT2D eigenvalue weighted by atomic mass is 16.6. The first kappa shape index (κ1) is 22.1. The minimum absolute atomic E-state index is 0.0366. The van der Waals surface area contributed by atoms with Gasteiger partial charge in [-0.05, 0) is 43.4 Å². The standard InChI is InChI=1S/C23H27NO5/c1-4-28-21(26)23(24-17(3)25,22(27)29-5-2)16-15-18-11-13-20(14-12-18)19-9-7-6-8-10-19/h6-14H,4-5,15-16H2,1-3H3,(H,24,25). The van der Waals surface area contributed by atoms with E-state index in [1.54, 1.807) is 13.8 Å². The molecule has 0 bridgehead atoms. The second-order valence-corrected chi connectivity index (χ2v) is 6.59. The van der Waals surface area contributed by atoms with Crippen molar-refractivity contribution in [2.45, 2.75) is 39.2 Å². The molecule has 0 aliphatic carbocycles. The van der Waals surface area contributed by atoms with Crippen molar-refractivity contribution < 1.29 is 23.9 Å². The quantitative estimate of drug-likeness (QED) is 0.519. The van der Waals surface area contributed by atoms with Crippen LogP contribution >= 0.6 is 0 Å².